The fourth-order valence-corrected chi connectivity index (χ4v) is 3.77. The van der Waals surface area contributed by atoms with Crippen LogP contribution in [0, 0.1) is 0 Å². The van der Waals surface area contributed by atoms with Gasteiger partial charge in [-0.2, -0.15) is 0 Å². The highest BCUT2D eigenvalue weighted by Gasteiger charge is 2.53. The first-order chi connectivity index (χ1) is 16.5. The number of carbonyl (C=O) groups is 4. The van der Waals surface area contributed by atoms with Crippen molar-refractivity contribution in [3.63, 3.8) is 0 Å². The van der Waals surface area contributed by atoms with Crippen LogP contribution in [0.2, 0.25) is 5.02 Å². The molecule has 0 spiro atoms. The zero-order valence-electron chi connectivity index (χ0n) is 19.4. The molecular weight excluding hydrogens is 486 g/mol. The van der Waals surface area contributed by atoms with E-state index in [1.54, 1.807) is 24.3 Å². The summed E-state index contributed by atoms with van der Waals surface area (Å²) in [6.45, 7) is 4.27. The van der Waals surface area contributed by atoms with Crippen LogP contribution in [0.5, 0.6) is 5.75 Å². The maximum Gasteiger partial charge on any atom is 0.303 e. The maximum atomic E-state index is 11.9. The van der Waals surface area contributed by atoms with Gasteiger partial charge in [-0.15, -0.1) is 0 Å². The first-order valence-corrected chi connectivity index (χ1v) is 10.9. The van der Waals surface area contributed by atoms with Gasteiger partial charge < -0.3 is 28.4 Å². The molecule has 2 heterocycles. The number of nitrogens with zero attached hydrogens (tertiary/aromatic N) is 1. The minimum atomic E-state index is -1.35. The number of fused-ring (bicyclic) bond motifs is 1. The van der Waals surface area contributed by atoms with Crippen molar-refractivity contribution in [1.29, 1.82) is 0 Å². The van der Waals surface area contributed by atoms with Crippen LogP contribution >= 0.6 is 11.6 Å². The van der Waals surface area contributed by atoms with Gasteiger partial charge in [-0.05, 0) is 24.3 Å². The van der Waals surface area contributed by atoms with Gasteiger partial charge in [0.1, 0.15) is 18.5 Å². The number of esters is 4. The normalized spacial score (nSPS) is 23.7. The molecule has 3 rings (SSSR count). The number of pyridine rings is 1. The fraction of sp³-hybridized carbons (Fsp3) is 0.435. The number of hydrogen-bond donors (Lipinski definition) is 0. The number of ether oxygens (including phenoxy) is 6. The quantitative estimate of drug-likeness (QED) is 0.401. The molecule has 0 bridgehead atoms. The lowest BCUT2D eigenvalue weighted by Crippen LogP contribution is -2.63. The number of benzene rings is 1. The van der Waals surface area contributed by atoms with E-state index in [1.807, 2.05) is 0 Å². The summed E-state index contributed by atoms with van der Waals surface area (Å²) in [6, 6.07) is 6.53. The van der Waals surface area contributed by atoms with Crippen molar-refractivity contribution < 1.29 is 47.6 Å². The molecule has 5 atom stereocenters. The second kappa shape index (κ2) is 11.3. The molecule has 1 aliphatic heterocycles. The van der Waals surface area contributed by atoms with Crippen molar-refractivity contribution in [2.75, 3.05) is 6.61 Å². The van der Waals surface area contributed by atoms with E-state index in [1.165, 1.54) is 13.1 Å². The van der Waals surface area contributed by atoms with Gasteiger partial charge in [0.05, 0.1) is 5.52 Å². The van der Waals surface area contributed by atoms with Crippen LogP contribution in [-0.4, -0.2) is 66.2 Å². The summed E-state index contributed by atoms with van der Waals surface area (Å²) in [5.74, 6) is -2.50. The minimum Gasteiger partial charge on any atom is -0.463 e. The lowest BCUT2D eigenvalue weighted by atomic mass is 9.98. The summed E-state index contributed by atoms with van der Waals surface area (Å²) in [4.78, 5) is 51.4. The summed E-state index contributed by atoms with van der Waals surface area (Å²) in [5.41, 5.74) is 0.528. The summed E-state index contributed by atoms with van der Waals surface area (Å²) in [6.07, 6.45) is -4.93. The topological polar surface area (TPSA) is 137 Å². The number of aromatic nitrogens is 1. The van der Waals surface area contributed by atoms with Crippen molar-refractivity contribution >= 4 is 46.4 Å². The zero-order chi connectivity index (χ0) is 25.7. The highest BCUT2D eigenvalue weighted by molar-refractivity contribution is 6.31. The number of hydrogen-bond acceptors (Lipinski definition) is 11. The summed E-state index contributed by atoms with van der Waals surface area (Å²) >= 11 is 6.05. The largest absolute Gasteiger partial charge is 0.463 e. The third-order valence-electron chi connectivity index (χ3n) is 4.86. The third-order valence-corrected chi connectivity index (χ3v) is 5.09. The molecule has 1 saturated heterocycles. The predicted octanol–water partition coefficient (Wildman–Crippen LogP) is 2.35. The van der Waals surface area contributed by atoms with Crippen LogP contribution in [-0.2, 0) is 42.9 Å². The molecule has 1 aliphatic rings. The molecule has 2 aromatic rings. The Kier molecular flexibility index (Phi) is 8.47. The minimum absolute atomic E-state index is 0.299. The van der Waals surface area contributed by atoms with E-state index in [2.05, 4.69) is 4.98 Å². The van der Waals surface area contributed by atoms with Gasteiger partial charge in [0.25, 0.3) is 0 Å². The van der Waals surface area contributed by atoms with Gasteiger partial charge in [0, 0.05) is 44.3 Å². The molecule has 35 heavy (non-hydrogen) atoms. The predicted molar refractivity (Wildman–Crippen MR) is 119 cm³/mol. The lowest BCUT2D eigenvalue weighted by Gasteiger charge is -2.44. The van der Waals surface area contributed by atoms with E-state index in [0.717, 1.165) is 20.8 Å². The van der Waals surface area contributed by atoms with Crippen LogP contribution in [0.4, 0.5) is 0 Å². The first-order valence-electron chi connectivity index (χ1n) is 10.6. The summed E-state index contributed by atoms with van der Waals surface area (Å²) in [7, 11) is 0. The van der Waals surface area contributed by atoms with Crippen LogP contribution in [0.3, 0.4) is 0 Å². The van der Waals surface area contributed by atoms with Gasteiger partial charge >= 0.3 is 23.9 Å². The van der Waals surface area contributed by atoms with Gasteiger partial charge in [0.15, 0.2) is 12.2 Å². The zero-order valence-corrected chi connectivity index (χ0v) is 20.1. The van der Waals surface area contributed by atoms with Crippen molar-refractivity contribution in [3.8, 4) is 5.75 Å². The van der Waals surface area contributed by atoms with E-state index < -0.39 is 54.6 Å². The van der Waals surface area contributed by atoms with Gasteiger partial charge in [-0.1, -0.05) is 11.6 Å². The molecule has 11 nitrogen and oxygen atoms in total. The molecule has 0 radical (unpaired) electrons. The van der Waals surface area contributed by atoms with Crippen molar-refractivity contribution in [2.24, 2.45) is 0 Å². The van der Waals surface area contributed by atoms with Gasteiger partial charge in [-0.3, -0.25) is 24.2 Å². The van der Waals surface area contributed by atoms with E-state index in [9.17, 15) is 19.2 Å². The van der Waals surface area contributed by atoms with Crippen LogP contribution in [0.1, 0.15) is 27.7 Å². The average molecular weight is 510 g/mol. The standard InChI is InChI=1S/C23H24ClNO10/c1-11(26)30-10-19-20(31-12(2)27)21(32-13(3)28)22(33-14(4)29)23(35-19)34-18-7-8-25-17-9-15(24)5-6-16(17)18/h5-9,19-23H,10H2,1-4H3/t19-,20-,21+,22-,23-/m1/s1. The average Bonchev–Trinajstić information content (AvgIpc) is 2.75. The Morgan fingerprint density at radius 2 is 1.51 bits per heavy atom. The van der Waals surface area contributed by atoms with Crippen LogP contribution in [0.15, 0.2) is 30.5 Å². The fourth-order valence-electron chi connectivity index (χ4n) is 3.61. The summed E-state index contributed by atoms with van der Waals surface area (Å²) in [5, 5.41) is 1.04. The Morgan fingerprint density at radius 3 is 2.14 bits per heavy atom. The van der Waals surface area contributed by atoms with Crippen LogP contribution in [0.25, 0.3) is 10.9 Å². The highest BCUT2D eigenvalue weighted by Crippen LogP contribution is 2.33. The van der Waals surface area contributed by atoms with Gasteiger partial charge in [0.2, 0.25) is 12.4 Å². The Bertz CT molecular complexity index is 1120. The smallest absolute Gasteiger partial charge is 0.303 e. The van der Waals surface area contributed by atoms with E-state index in [-0.39, 0.29) is 6.61 Å². The SMILES string of the molecule is CC(=O)OC[C@H]1O[C@@H](Oc2ccnc3cc(Cl)ccc23)[C@H](OC(C)=O)[C@@H](OC(C)=O)[C@@H]1OC(C)=O. The third kappa shape index (κ3) is 6.80. The second-order valence-electron chi connectivity index (χ2n) is 7.66. The Labute approximate surface area is 205 Å². The Balaban J connectivity index is 2.04. The van der Waals surface area contributed by atoms with E-state index >= 15 is 0 Å². The van der Waals surface area contributed by atoms with E-state index in [4.69, 9.17) is 40.0 Å². The second-order valence-corrected chi connectivity index (χ2v) is 8.09. The molecule has 0 amide bonds. The first kappa shape index (κ1) is 26.2. The number of halogens is 1. The molecule has 0 unspecified atom stereocenters. The Hall–Kier alpha value is -3.44. The van der Waals surface area contributed by atoms with Crippen molar-refractivity contribution in [1.82, 2.24) is 4.98 Å². The number of carbonyl (C=O) groups excluding carboxylic acids is 4. The maximum absolute atomic E-state index is 11.9. The molecule has 188 valence electrons. The molecule has 0 aliphatic carbocycles. The molecule has 0 saturated carbocycles. The highest BCUT2D eigenvalue weighted by atomic mass is 35.5. The molecule has 1 aromatic heterocycles. The van der Waals surface area contributed by atoms with E-state index in [0.29, 0.717) is 21.7 Å². The van der Waals surface area contributed by atoms with Crippen molar-refractivity contribution in [2.45, 2.75) is 58.4 Å². The van der Waals surface area contributed by atoms with Crippen molar-refractivity contribution in [3.05, 3.63) is 35.5 Å². The van der Waals surface area contributed by atoms with Gasteiger partial charge in [-0.25, -0.2) is 0 Å². The molecule has 12 heteroatoms. The Morgan fingerprint density at radius 1 is 0.886 bits per heavy atom. The summed E-state index contributed by atoms with van der Waals surface area (Å²) < 4.78 is 33.2. The lowest BCUT2D eigenvalue weighted by molar-refractivity contribution is -0.288. The monoisotopic (exact) mass is 509 g/mol. The molecule has 1 fully saturated rings. The molecular formula is C23H24ClNO10. The molecule has 1 aromatic carbocycles. The van der Waals surface area contributed by atoms with Crippen LogP contribution < -0.4 is 4.74 Å². The number of rotatable bonds is 7. The molecule has 0 N–H and O–H groups in total.